The topological polar surface area (TPSA) is 75.5 Å². The highest BCUT2D eigenvalue weighted by Crippen LogP contribution is 2.27. The van der Waals surface area contributed by atoms with Gasteiger partial charge in [0.1, 0.15) is 0 Å². The van der Waals surface area contributed by atoms with Gasteiger partial charge in [0.05, 0.1) is 10.5 Å². The van der Waals surface area contributed by atoms with Crippen LogP contribution in [-0.4, -0.2) is 31.0 Å². The Morgan fingerprint density at radius 2 is 2.09 bits per heavy atom. The van der Waals surface area contributed by atoms with Crippen molar-refractivity contribution in [3.05, 3.63) is 33.9 Å². The molecule has 1 aliphatic rings. The summed E-state index contributed by atoms with van der Waals surface area (Å²) in [5.74, 6) is 0.379. The smallest absolute Gasteiger partial charge is 0.270 e. The summed E-state index contributed by atoms with van der Waals surface area (Å²) in [4.78, 5) is 24.8. The van der Waals surface area contributed by atoms with E-state index in [0.29, 0.717) is 17.2 Å². The van der Waals surface area contributed by atoms with Crippen molar-refractivity contribution in [1.82, 2.24) is 5.32 Å². The molecule has 0 aromatic heterocycles. The van der Waals surface area contributed by atoms with Gasteiger partial charge in [-0.1, -0.05) is 19.8 Å². The molecule has 1 fully saturated rings. The van der Waals surface area contributed by atoms with Gasteiger partial charge in [-0.05, 0) is 24.8 Å². The lowest BCUT2D eigenvalue weighted by molar-refractivity contribution is -0.384. The fourth-order valence-corrected chi connectivity index (χ4v) is 3.04. The Hall–Kier alpha value is -2.11. The van der Waals surface area contributed by atoms with E-state index >= 15 is 0 Å². The van der Waals surface area contributed by atoms with E-state index in [1.54, 1.807) is 11.0 Å². The van der Waals surface area contributed by atoms with Crippen LogP contribution in [0.5, 0.6) is 0 Å². The van der Waals surface area contributed by atoms with Crippen LogP contribution in [0.1, 0.15) is 43.0 Å². The van der Waals surface area contributed by atoms with Crippen LogP contribution < -0.4 is 10.2 Å². The number of rotatable bonds is 4. The van der Waals surface area contributed by atoms with Crippen molar-refractivity contribution in [3.8, 4) is 0 Å². The Kier molecular flexibility index (Phi) is 5.00. The van der Waals surface area contributed by atoms with Crippen molar-refractivity contribution in [2.24, 2.45) is 5.92 Å². The Morgan fingerprint density at radius 3 is 2.68 bits per heavy atom. The van der Waals surface area contributed by atoms with Crippen LogP contribution in [0.4, 0.5) is 11.4 Å². The number of hydrogen-bond donors (Lipinski definition) is 1. The molecule has 6 nitrogen and oxygen atoms in total. The number of nitro benzene ring substituents is 1. The zero-order chi connectivity index (χ0) is 16.3. The van der Waals surface area contributed by atoms with Crippen molar-refractivity contribution < 1.29 is 9.72 Å². The number of benzene rings is 1. The largest absolute Gasteiger partial charge is 0.377 e. The molecule has 0 aliphatic heterocycles. The molecule has 120 valence electrons. The van der Waals surface area contributed by atoms with E-state index < -0.39 is 4.92 Å². The molecular weight excluding hydrogens is 282 g/mol. The molecule has 0 radical (unpaired) electrons. The first kappa shape index (κ1) is 16.3. The van der Waals surface area contributed by atoms with E-state index in [2.05, 4.69) is 12.2 Å². The molecular formula is C16H23N3O3. The number of amides is 1. The normalized spacial score (nSPS) is 21.2. The van der Waals surface area contributed by atoms with Crippen LogP contribution >= 0.6 is 0 Å². The van der Waals surface area contributed by atoms with Crippen LogP contribution in [0.25, 0.3) is 0 Å². The SMILES string of the molecule is CC1CCCC(NC(=O)c2cc([N+](=O)[O-])ccc2N(C)C)C1. The minimum absolute atomic E-state index is 0.0623. The van der Waals surface area contributed by atoms with Crippen molar-refractivity contribution >= 4 is 17.3 Å². The van der Waals surface area contributed by atoms with E-state index in [1.165, 1.54) is 18.6 Å². The van der Waals surface area contributed by atoms with E-state index in [4.69, 9.17) is 0 Å². The molecule has 1 aromatic rings. The van der Waals surface area contributed by atoms with Gasteiger partial charge in [0.25, 0.3) is 11.6 Å². The number of carbonyl (C=O) groups excluding carboxylic acids is 1. The predicted octanol–water partition coefficient (Wildman–Crippen LogP) is 2.97. The van der Waals surface area contributed by atoms with Crippen molar-refractivity contribution in [2.75, 3.05) is 19.0 Å². The standard InChI is InChI=1S/C16H23N3O3/c1-11-5-4-6-12(9-11)17-16(20)14-10-13(19(21)22)7-8-15(14)18(2)3/h7-8,10-12H,4-6,9H2,1-3H3,(H,17,20). The van der Waals surface area contributed by atoms with Gasteiger partial charge >= 0.3 is 0 Å². The van der Waals surface area contributed by atoms with Gasteiger partial charge in [0.15, 0.2) is 0 Å². The molecule has 0 bridgehead atoms. The molecule has 2 unspecified atom stereocenters. The molecule has 0 saturated heterocycles. The van der Waals surface area contributed by atoms with Crippen LogP contribution in [0, 0.1) is 16.0 Å². The predicted molar refractivity (Wildman–Crippen MR) is 86.3 cm³/mol. The highest BCUT2D eigenvalue weighted by Gasteiger charge is 2.23. The molecule has 1 aromatic carbocycles. The average molecular weight is 305 g/mol. The quantitative estimate of drug-likeness (QED) is 0.685. The second-order valence-corrected chi connectivity index (χ2v) is 6.30. The second-order valence-electron chi connectivity index (χ2n) is 6.30. The number of hydrogen-bond acceptors (Lipinski definition) is 4. The molecule has 6 heteroatoms. The van der Waals surface area contributed by atoms with Gasteiger partial charge in [-0.15, -0.1) is 0 Å². The lowest BCUT2D eigenvalue weighted by atomic mass is 9.87. The maximum Gasteiger partial charge on any atom is 0.270 e. The summed E-state index contributed by atoms with van der Waals surface area (Å²) >= 11 is 0. The van der Waals surface area contributed by atoms with Gasteiger partial charge < -0.3 is 10.2 Å². The summed E-state index contributed by atoms with van der Waals surface area (Å²) in [6.07, 6.45) is 4.26. The first-order valence-corrected chi connectivity index (χ1v) is 7.65. The number of carbonyl (C=O) groups is 1. The highest BCUT2D eigenvalue weighted by atomic mass is 16.6. The molecule has 1 aliphatic carbocycles. The maximum absolute atomic E-state index is 12.6. The van der Waals surface area contributed by atoms with Gasteiger partial charge in [-0.3, -0.25) is 14.9 Å². The van der Waals surface area contributed by atoms with Gasteiger partial charge in [-0.25, -0.2) is 0 Å². The third kappa shape index (κ3) is 3.75. The summed E-state index contributed by atoms with van der Waals surface area (Å²) in [6, 6.07) is 4.56. The summed E-state index contributed by atoms with van der Waals surface area (Å²) < 4.78 is 0. The summed E-state index contributed by atoms with van der Waals surface area (Å²) in [5.41, 5.74) is 0.983. The minimum Gasteiger partial charge on any atom is -0.377 e. The third-order valence-corrected chi connectivity index (χ3v) is 4.19. The first-order valence-electron chi connectivity index (χ1n) is 7.65. The van der Waals surface area contributed by atoms with Crippen LogP contribution in [0.15, 0.2) is 18.2 Å². The summed E-state index contributed by atoms with van der Waals surface area (Å²) in [5, 5.41) is 14.0. The monoisotopic (exact) mass is 305 g/mol. The number of non-ortho nitro benzene ring substituents is 1. The zero-order valence-corrected chi connectivity index (χ0v) is 13.3. The second kappa shape index (κ2) is 6.77. The van der Waals surface area contributed by atoms with E-state index in [0.717, 1.165) is 19.3 Å². The van der Waals surface area contributed by atoms with Gasteiger partial charge in [0.2, 0.25) is 0 Å². The van der Waals surface area contributed by atoms with Crippen molar-refractivity contribution in [2.45, 2.75) is 38.6 Å². The average Bonchev–Trinajstić information content (AvgIpc) is 2.46. The molecule has 1 amide bonds. The lowest BCUT2D eigenvalue weighted by Crippen LogP contribution is -2.38. The van der Waals surface area contributed by atoms with Crippen LogP contribution in [0.2, 0.25) is 0 Å². The lowest BCUT2D eigenvalue weighted by Gasteiger charge is -2.28. The number of nitrogens with zero attached hydrogens (tertiary/aromatic N) is 2. The van der Waals surface area contributed by atoms with Crippen LogP contribution in [-0.2, 0) is 0 Å². The molecule has 1 saturated carbocycles. The highest BCUT2D eigenvalue weighted by molar-refractivity contribution is 6.00. The Bertz CT molecular complexity index is 572. The van der Waals surface area contributed by atoms with Crippen molar-refractivity contribution in [1.29, 1.82) is 0 Å². The number of nitro groups is 1. The molecule has 2 rings (SSSR count). The molecule has 1 N–H and O–H groups in total. The Morgan fingerprint density at radius 1 is 1.36 bits per heavy atom. The number of anilines is 1. The van der Waals surface area contributed by atoms with E-state index in [1.807, 2.05) is 14.1 Å². The van der Waals surface area contributed by atoms with Gasteiger partial charge in [-0.2, -0.15) is 0 Å². The first-order chi connectivity index (χ1) is 10.4. The molecule has 0 spiro atoms. The third-order valence-electron chi connectivity index (χ3n) is 4.19. The Labute approximate surface area is 130 Å². The molecule has 0 heterocycles. The van der Waals surface area contributed by atoms with Crippen LogP contribution in [0.3, 0.4) is 0 Å². The fraction of sp³-hybridized carbons (Fsp3) is 0.562. The number of nitrogens with one attached hydrogen (secondary N) is 1. The van der Waals surface area contributed by atoms with Gasteiger partial charge in [0, 0.05) is 38.0 Å². The van der Waals surface area contributed by atoms with E-state index in [9.17, 15) is 14.9 Å². The molecule has 22 heavy (non-hydrogen) atoms. The summed E-state index contributed by atoms with van der Waals surface area (Å²) in [7, 11) is 3.64. The Balaban J connectivity index is 2.22. The summed E-state index contributed by atoms with van der Waals surface area (Å²) in [6.45, 7) is 2.19. The van der Waals surface area contributed by atoms with E-state index in [-0.39, 0.29) is 17.6 Å². The molecule has 2 atom stereocenters. The minimum atomic E-state index is -0.473. The maximum atomic E-state index is 12.6. The zero-order valence-electron chi connectivity index (χ0n) is 13.3. The van der Waals surface area contributed by atoms with Crippen molar-refractivity contribution in [3.63, 3.8) is 0 Å². The fourth-order valence-electron chi connectivity index (χ4n) is 3.04.